The van der Waals surface area contributed by atoms with Crippen molar-refractivity contribution in [2.45, 2.75) is 31.2 Å². The first-order valence-electron chi connectivity index (χ1n) is 5.35. The maximum atomic E-state index is 12.2. The van der Waals surface area contributed by atoms with Crippen LogP contribution in [0.15, 0.2) is 24.3 Å². The molecule has 0 bridgehead atoms. The molecule has 0 unspecified atom stereocenters. The molecule has 1 aliphatic carbocycles. The molecular formula is C12H12ClF2NO. The summed E-state index contributed by atoms with van der Waals surface area (Å²) in [4.78, 5) is 11.0. The molecule has 1 aliphatic rings. The number of nitrogens with one attached hydrogen (secondary N) is 1. The van der Waals surface area contributed by atoms with Crippen molar-refractivity contribution in [3.05, 3.63) is 34.9 Å². The second kappa shape index (κ2) is 4.61. The Bertz CT molecular complexity index is 432. The summed E-state index contributed by atoms with van der Waals surface area (Å²) in [6, 6.07) is 7.22. The zero-order chi connectivity index (χ0) is 12.5. The van der Waals surface area contributed by atoms with E-state index in [-0.39, 0.29) is 0 Å². The van der Waals surface area contributed by atoms with E-state index in [1.54, 1.807) is 12.1 Å². The Balaban J connectivity index is 2.01. The van der Waals surface area contributed by atoms with Crippen molar-refractivity contribution in [2.75, 3.05) is 0 Å². The molecule has 0 radical (unpaired) electrons. The first kappa shape index (κ1) is 12.3. The van der Waals surface area contributed by atoms with E-state index in [0.29, 0.717) is 11.4 Å². The largest absolute Gasteiger partial charge is 0.345 e. The minimum Gasteiger partial charge on any atom is -0.345 e. The van der Waals surface area contributed by atoms with E-state index in [9.17, 15) is 13.6 Å². The van der Waals surface area contributed by atoms with E-state index in [2.05, 4.69) is 5.32 Å². The van der Waals surface area contributed by atoms with E-state index in [4.69, 9.17) is 11.6 Å². The van der Waals surface area contributed by atoms with Gasteiger partial charge in [0.15, 0.2) is 0 Å². The minimum atomic E-state index is -2.95. The standard InChI is InChI=1S/C12H12ClF2NO/c13-9-3-1-2-8(6-9)7-12(4-5-12)16-11(17)10(14)15/h1-3,6,10H,4-5,7H2,(H,16,17). The summed E-state index contributed by atoms with van der Waals surface area (Å²) < 4.78 is 24.3. The summed E-state index contributed by atoms with van der Waals surface area (Å²) in [5.41, 5.74) is 0.461. The molecule has 0 aromatic heterocycles. The van der Waals surface area contributed by atoms with Gasteiger partial charge in [0.2, 0.25) is 0 Å². The average molecular weight is 260 g/mol. The van der Waals surface area contributed by atoms with Crippen molar-refractivity contribution >= 4 is 17.5 Å². The molecular weight excluding hydrogens is 248 g/mol. The fourth-order valence-corrected chi connectivity index (χ4v) is 2.06. The molecule has 1 saturated carbocycles. The van der Waals surface area contributed by atoms with Gasteiger partial charge in [-0.1, -0.05) is 23.7 Å². The van der Waals surface area contributed by atoms with Gasteiger partial charge in [-0.25, -0.2) is 0 Å². The summed E-state index contributed by atoms with van der Waals surface area (Å²) in [6.45, 7) is 0. The van der Waals surface area contributed by atoms with E-state index < -0.39 is 17.9 Å². The average Bonchev–Trinajstić information content (AvgIpc) is 2.97. The van der Waals surface area contributed by atoms with Crippen LogP contribution in [-0.2, 0) is 11.2 Å². The van der Waals surface area contributed by atoms with Crippen molar-refractivity contribution in [1.82, 2.24) is 5.32 Å². The highest BCUT2D eigenvalue weighted by Crippen LogP contribution is 2.39. The van der Waals surface area contributed by atoms with Crippen molar-refractivity contribution in [2.24, 2.45) is 0 Å². The van der Waals surface area contributed by atoms with Gasteiger partial charge in [-0.15, -0.1) is 0 Å². The number of carbonyl (C=O) groups is 1. The Morgan fingerprint density at radius 2 is 2.18 bits per heavy atom. The van der Waals surface area contributed by atoms with Gasteiger partial charge in [-0.05, 0) is 37.0 Å². The zero-order valence-corrected chi connectivity index (χ0v) is 9.81. The number of rotatable bonds is 4. The molecule has 2 nitrogen and oxygen atoms in total. The quantitative estimate of drug-likeness (QED) is 0.885. The summed E-state index contributed by atoms with van der Waals surface area (Å²) >= 11 is 5.84. The zero-order valence-electron chi connectivity index (χ0n) is 9.05. The number of benzene rings is 1. The highest BCUT2D eigenvalue weighted by atomic mass is 35.5. The Morgan fingerprint density at radius 3 is 2.71 bits per heavy atom. The molecule has 17 heavy (non-hydrogen) atoms. The summed E-state index contributed by atoms with van der Waals surface area (Å²) in [5, 5.41) is 3.01. The van der Waals surface area contributed by atoms with Gasteiger partial charge in [0, 0.05) is 10.6 Å². The fourth-order valence-electron chi connectivity index (χ4n) is 1.85. The van der Waals surface area contributed by atoms with Gasteiger partial charge < -0.3 is 5.32 Å². The molecule has 1 aromatic carbocycles. The third-order valence-electron chi connectivity index (χ3n) is 2.87. The van der Waals surface area contributed by atoms with E-state index in [1.165, 1.54) is 0 Å². The Labute approximate surface area is 103 Å². The van der Waals surface area contributed by atoms with Crippen LogP contribution in [0.4, 0.5) is 8.78 Å². The summed E-state index contributed by atoms with van der Waals surface area (Å²) in [7, 11) is 0. The predicted octanol–water partition coefficient (Wildman–Crippen LogP) is 2.80. The van der Waals surface area contributed by atoms with Gasteiger partial charge in [-0.3, -0.25) is 4.79 Å². The molecule has 0 saturated heterocycles. The molecule has 1 N–H and O–H groups in total. The molecule has 1 aromatic rings. The maximum Gasteiger partial charge on any atom is 0.315 e. The molecule has 1 amide bonds. The number of alkyl halides is 2. The van der Waals surface area contributed by atoms with Crippen LogP contribution in [0.3, 0.4) is 0 Å². The highest BCUT2D eigenvalue weighted by Gasteiger charge is 2.45. The Kier molecular flexibility index (Phi) is 3.33. The Hall–Kier alpha value is -1.16. The minimum absolute atomic E-state index is 0.488. The lowest BCUT2D eigenvalue weighted by molar-refractivity contribution is -0.132. The normalized spacial score (nSPS) is 16.9. The van der Waals surface area contributed by atoms with Crippen LogP contribution in [0.25, 0.3) is 0 Å². The maximum absolute atomic E-state index is 12.2. The first-order chi connectivity index (χ1) is 8.01. The van der Waals surface area contributed by atoms with Crippen LogP contribution < -0.4 is 5.32 Å². The summed E-state index contributed by atoms with van der Waals surface area (Å²) in [5.74, 6) is -1.19. The van der Waals surface area contributed by atoms with Crippen molar-refractivity contribution in [1.29, 1.82) is 0 Å². The van der Waals surface area contributed by atoms with Gasteiger partial charge in [0.05, 0.1) is 0 Å². The second-order valence-corrected chi connectivity index (χ2v) is 4.81. The monoisotopic (exact) mass is 259 g/mol. The molecule has 0 aliphatic heterocycles. The smallest absolute Gasteiger partial charge is 0.315 e. The number of amides is 1. The third-order valence-corrected chi connectivity index (χ3v) is 3.11. The SMILES string of the molecule is O=C(NC1(Cc2cccc(Cl)c2)CC1)C(F)F. The number of hydrogen-bond donors (Lipinski definition) is 1. The van der Waals surface area contributed by atoms with Crippen LogP contribution in [0.2, 0.25) is 5.02 Å². The molecule has 92 valence electrons. The number of halogens is 3. The molecule has 0 spiro atoms. The van der Waals surface area contributed by atoms with Gasteiger partial charge >= 0.3 is 6.43 Å². The topological polar surface area (TPSA) is 29.1 Å². The van der Waals surface area contributed by atoms with Crippen LogP contribution in [0.5, 0.6) is 0 Å². The van der Waals surface area contributed by atoms with E-state index >= 15 is 0 Å². The lowest BCUT2D eigenvalue weighted by Crippen LogP contribution is -2.41. The molecule has 0 heterocycles. The molecule has 5 heteroatoms. The predicted molar refractivity (Wildman–Crippen MR) is 61.3 cm³/mol. The van der Waals surface area contributed by atoms with E-state index in [1.807, 2.05) is 12.1 Å². The first-order valence-corrected chi connectivity index (χ1v) is 5.73. The second-order valence-electron chi connectivity index (χ2n) is 4.38. The summed E-state index contributed by atoms with van der Waals surface area (Å²) in [6.07, 6.45) is -0.936. The van der Waals surface area contributed by atoms with Crippen molar-refractivity contribution < 1.29 is 13.6 Å². The van der Waals surface area contributed by atoms with Crippen LogP contribution in [-0.4, -0.2) is 17.9 Å². The van der Waals surface area contributed by atoms with Crippen molar-refractivity contribution in [3.63, 3.8) is 0 Å². The van der Waals surface area contributed by atoms with Gasteiger partial charge in [0.25, 0.3) is 5.91 Å². The fraction of sp³-hybridized carbons (Fsp3) is 0.417. The van der Waals surface area contributed by atoms with Crippen LogP contribution >= 0.6 is 11.6 Å². The number of carbonyl (C=O) groups excluding carboxylic acids is 1. The van der Waals surface area contributed by atoms with Gasteiger partial charge in [0.1, 0.15) is 0 Å². The molecule has 1 fully saturated rings. The van der Waals surface area contributed by atoms with E-state index in [0.717, 1.165) is 18.4 Å². The van der Waals surface area contributed by atoms with Crippen LogP contribution in [0, 0.1) is 0 Å². The molecule has 0 atom stereocenters. The highest BCUT2D eigenvalue weighted by molar-refractivity contribution is 6.30. The van der Waals surface area contributed by atoms with Crippen LogP contribution in [0.1, 0.15) is 18.4 Å². The lowest BCUT2D eigenvalue weighted by atomic mass is 10.0. The number of hydrogen-bond acceptors (Lipinski definition) is 1. The third kappa shape index (κ3) is 3.16. The lowest BCUT2D eigenvalue weighted by Gasteiger charge is -2.17. The van der Waals surface area contributed by atoms with Crippen molar-refractivity contribution in [3.8, 4) is 0 Å². The molecule has 2 rings (SSSR count). The Morgan fingerprint density at radius 1 is 1.47 bits per heavy atom. The van der Waals surface area contributed by atoms with Gasteiger partial charge in [-0.2, -0.15) is 8.78 Å².